The van der Waals surface area contributed by atoms with Crippen LogP contribution in [0.1, 0.15) is 5.56 Å². The number of hydrogen-bond acceptors (Lipinski definition) is 2. The molecule has 20 heavy (non-hydrogen) atoms. The minimum absolute atomic E-state index is 0.00882. The number of ether oxygens (including phenoxy) is 1. The number of phenols is 1. The zero-order chi connectivity index (χ0) is 14.8. The van der Waals surface area contributed by atoms with Crippen molar-refractivity contribution >= 4 is 12.4 Å². The molecule has 0 heterocycles. The molecule has 1 N–H and O–H groups in total. The summed E-state index contributed by atoms with van der Waals surface area (Å²) < 4.78 is 56.4. The molecule has 0 spiro atoms. The van der Waals surface area contributed by atoms with E-state index in [1.807, 2.05) is 0 Å². The molecule has 106 valence electrons. The molecule has 0 unspecified atom stereocenters. The molecule has 0 bridgehead atoms. The Morgan fingerprint density at radius 3 is 2.45 bits per heavy atom. The first-order valence-electron chi connectivity index (χ1n) is 5.76. The molecule has 0 atom stereocenters. The van der Waals surface area contributed by atoms with Gasteiger partial charge in [0.2, 0.25) is 0 Å². The Bertz CT molecular complexity index is 614. The molecular weight excluding hydrogens is 275 g/mol. The lowest BCUT2D eigenvalue weighted by atomic mass is 9.79. The molecular formula is C13H10BF4O2-. The van der Waals surface area contributed by atoms with Gasteiger partial charge in [-0.05, 0) is 35.9 Å². The van der Waals surface area contributed by atoms with Crippen LogP contribution in [0.15, 0.2) is 42.5 Å². The number of phenolic OH excluding ortho intramolecular Hbond substituents is 1. The van der Waals surface area contributed by atoms with E-state index in [0.29, 0.717) is 11.6 Å². The third-order valence-corrected chi connectivity index (χ3v) is 2.63. The highest BCUT2D eigenvalue weighted by Gasteiger charge is 2.29. The third kappa shape index (κ3) is 3.43. The molecule has 0 amide bonds. The summed E-state index contributed by atoms with van der Waals surface area (Å²) in [5.74, 6) is -1.41. The quantitative estimate of drug-likeness (QED) is 0.690. The number of rotatable bonds is 4. The monoisotopic (exact) mass is 285 g/mol. The van der Waals surface area contributed by atoms with Crippen molar-refractivity contribution in [1.82, 2.24) is 0 Å². The second-order valence-electron chi connectivity index (χ2n) is 4.22. The maximum absolute atomic E-state index is 12.9. The van der Waals surface area contributed by atoms with Crippen molar-refractivity contribution in [2.45, 2.75) is 6.61 Å². The van der Waals surface area contributed by atoms with Crippen LogP contribution in [0.5, 0.6) is 11.5 Å². The lowest BCUT2D eigenvalue weighted by Gasteiger charge is -2.20. The fourth-order valence-electron chi connectivity index (χ4n) is 1.71. The summed E-state index contributed by atoms with van der Waals surface area (Å²) in [6, 6.07) is 8.23. The van der Waals surface area contributed by atoms with E-state index in [1.54, 1.807) is 12.1 Å². The molecule has 2 aromatic rings. The van der Waals surface area contributed by atoms with Gasteiger partial charge in [0.15, 0.2) is 0 Å². The summed E-state index contributed by atoms with van der Waals surface area (Å²) in [7, 11) is 0. The number of aromatic hydroxyl groups is 1. The summed E-state index contributed by atoms with van der Waals surface area (Å²) in [4.78, 5) is 0. The van der Waals surface area contributed by atoms with Gasteiger partial charge in [-0.25, -0.2) is 4.39 Å². The molecule has 2 aromatic carbocycles. The number of halogens is 4. The smallest absolute Gasteiger partial charge is 0.508 e. The van der Waals surface area contributed by atoms with Gasteiger partial charge in [0, 0.05) is 0 Å². The molecule has 7 heteroatoms. The molecule has 0 saturated carbocycles. The highest BCUT2D eigenvalue weighted by atomic mass is 19.4. The van der Waals surface area contributed by atoms with Crippen LogP contribution >= 0.6 is 0 Å². The predicted octanol–water partition coefficient (Wildman–Crippen LogP) is 3.16. The average Bonchev–Trinajstić information content (AvgIpc) is 2.36. The summed E-state index contributed by atoms with van der Waals surface area (Å²) in [6.07, 6.45) is 0. The highest BCUT2D eigenvalue weighted by Crippen LogP contribution is 2.20. The minimum Gasteiger partial charge on any atom is -0.508 e. The van der Waals surface area contributed by atoms with E-state index in [9.17, 15) is 22.4 Å². The fraction of sp³-hybridized carbons (Fsp3) is 0.0769. The standard InChI is InChI=1S/C13H10BF4O2/c15-10-4-5-13(12(7-10)14(16,17)18)20-8-9-2-1-3-11(19)6-9/h1-7,19H,8H2/q-1. The van der Waals surface area contributed by atoms with Crippen molar-refractivity contribution in [1.29, 1.82) is 0 Å². The first-order chi connectivity index (χ1) is 9.36. The van der Waals surface area contributed by atoms with Crippen LogP contribution in [-0.4, -0.2) is 12.1 Å². The molecule has 0 radical (unpaired) electrons. The molecule has 0 aliphatic heterocycles. The second-order valence-corrected chi connectivity index (χ2v) is 4.22. The van der Waals surface area contributed by atoms with Crippen LogP contribution in [0.3, 0.4) is 0 Å². The summed E-state index contributed by atoms with van der Waals surface area (Å²) in [5.41, 5.74) is -0.597. The van der Waals surface area contributed by atoms with Gasteiger partial charge in [-0.3, -0.25) is 0 Å². The second kappa shape index (κ2) is 5.44. The topological polar surface area (TPSA) is 29.5 Å². The van der Waals surface area contributed by atoms with Gasteiger partial charge in [-0.1, -0.05) is 17.6 Å². The van der Waals surface area contributed by atoms with Crippen LogP contribution in [0, 0.1) is 5.82 Å². The van der Waals surface area contributed by atoms with Gasteiger partial charge in [0.1, 0.15) is 18.2 Å². The van der Waals surface area contributed by atoms with E-state index >= 15 is 0 Å². The van der Waals surface area contributed by atoms with Gasteiger partial charge in [-0.15, -0.1) is 0 Å². The largest absolute Gasteiger partial charge is 0.513 e. The lowest BCUT2D eigenvalue weighted by molar-refractivity contribution is 0.305. The van der Waals surface area contributed by atoms with Gasteiger partial charge < -0.3 is 22.8 Å². The van der Waals surface area contributed by atoms with Crippen molar-refractivity contribution in [2.75, 3.05) is 0 Å². The highest BCUT2D eigenvalue weighted by molar-refractivity contribution is 6.74. The number of benzene rings is 2. The molecule has 2 rings (SSSR count). The Morgan fingerprint density at radius 2 is 1.80 bits per heavy atom. The molecule has 0 aliphatic carbocycles. The SMILES string of the molecule is Oc1cccc(COc2ccc(F)cc2[B-](F)(F)F)c1. The van der Waals surface area contributed by atoms with Gasteiger partial charge in [-0.2, -0.15) is 0 Å². The van der Waals surface area contributed by atoms with Crippen LogP contribution in [-0.2, 0) is 6.61 Å². The Hall–Kier alpha value is -2.18. The Kier molecular flexibility index (Phi) is 3.87. The van der Waals surface area contributed by atoms with E-state index in [0.717, 1.165) is 12.1 Å². The van der Waals surface area contributed by atoms with Crippen LogP contribution in [0.4, 0.5) is 17.3 Å². The summed E-state index contributed by atoms with van der Waals surface area (Å²) >= 11 is 0. The average molecular weight is 285 g/mol. The maximum atomic E-state index is 12.9. The van der Waals surface area contributed by atoms with Gasteiger partial charge in [0.25, 0.3) is 0 Å². The summed E-state index contributed by atoms with van der Waals surface area (Å²) in [5, 5.41) is 9.25. The molecule has 0 saturated heterocycles. The van der Waals surface area contributed by atoms with E-state index in [1.165, 1.54) is 12.1 Å². The lowest BCUT2D eigenvalue weighted by Crippen LogP contribution is -2.35. The van der Waals surface area contributed by atoms with Crippen LogP contribution < -0.4 is 10.2 Å². The molecule has 0 aromatic heterocycles. The molecule has 0 aliphatic rings. The van der Waals surface area contributed by atoms with E-state index in [4.69, 9.17) is 4.74 Å². The normalized spacial score (nSPS) is 11.4. The van der Waals surface area contributed by atoms with E-state index < -0.39 is 24.0 Å². The van der Waals surface area contributed by atoms with Crippen molar-refractivity contribution < 1.29 is 27.2 Å². The molecule has 0 fully saturated rings. The van der Waals surface area contributed by atoms with Crippen LogP contribution in [0.25, 0.3) is 0 Å². The first kappa shape index (κ1) is 14.2. The van der Waals surface area contributed by atoms with E-state index in [-0.39, 0.29) is 12.4 Å². The third-order valence-electron chi connectivity index (χ3n) is 2.63. The summed E-state index contributed by atoms with van der Waals surface area (Å²) in [6.45, 7) is -5.52. The first-order valence-corrected chi connectivity index (χ1v) is 5.76. The Labute approximate surface area is 112 Å². The zero-order valence-corrected chi connectivity index (χ0v) is 10.2. The fourth-order valence-corrected chi connectivity index (χ4v) is 1.71. The minimum atomic E-state index is -5.36. The van der Waals surface area contributed by atoms with Gasteiger partial charge in [0.05, 0.1) is 5.75 Å². The predicted molar refractivity (Wildman–Crippen MR) is 67.6 cm³/mol. The molecule has 2 nitrogen and oxygen atoms in total. The van der Waals surface area contributed by atoms with E-state index in [2.05, 4.69) is 0 Å². The van der Waals surface area contributed by atoms with Crippen molar-refractivity contribution in [3.8, 4) is 11.5 Å². The maximum Gasteiger partial charge on any atom is 0.513 e. The Balaban J connectivity index is 2.21. The number of hydrogen-bond donors (Lipinski definition) is 1. The zero-order valence-electron chi connectivity index (χ0n) is 10.2. The Morgan fingerprint density at radius 1 is 1.05 bits per heavy atom. The van der Waals surface area contributed by atoms with Crippen molar-refractivity contribution in [2.24, 2.45) is 0 Å². The van der Waals surface area contributed by atoms with Crippen molar-refractivity contribution in [3.05, 3.63) is 53.8 Å². The van der Waals surface area contributed by atoms with Gasteiger partial charge >= 0.3 is 6.98 Å². The van der Waals surface area contributed by atoms with Crippen molar-refractivity contribution in [3.63, 3.8) is 0 Å². The van der Waals surface area contributed by atoms with Crippen LogP contribution in [0.2, 0.25) is 0 Å².